The number of hydrogen-bond acceptors (Lipinski definition) is 3. The Morgan fingerprint density at radius 3 is 1.91 bits per heavy atom. The Hall–Kier alpha value is -2.82. The summed E-state index contributed by atoms with van der Waals surface area (Å²) in [4.78, 5) is 12.4. The van der Waals surface area contributed by atoms with Gasteiger partial charge in [0, 0.05) is 22.0 Å². The van der Waals surface area contributed by atoms with E-state index in [1.54, 1.807) is 6.07 Å². The normalized spacial score (nSPS) is 13.0. The maximum absolute atomic E-state index is 14.3. The van der Waals surface area contributed by atoms with E-state index in [1.165, 1.54) is 0 Å². The van der Waals surface area contributed by atoms with Gasteiger partial charge >= 0.3 is 24.2 Å². The van der Waals surface area contributed by atoms with Gasteiger partial charge in [0.25, 0.3) is 0 Å². The van der Waals surface area contributed by atoms with E-state index in [4.69, 9.17) is 11.0 Å². The number of hydrogen-bond donors (Lipinski definition) is 1. The number of nitrogens with zero attached hydrogens (tertiary/aromatic N) is 1. The molecule has 2 aromatic rings. The van der Waals surface area contributed by atoms with Crippen molar-refractivity contribution in [2.24, 2.45) is 0 Å². The summed E-state index contributed by atoms with van der Waals surface area (Å²) in [5, 5.41) is 8.81. The second-order valence-electron chi connectivity index (χ2n) is 6.65. The Kier molecular flexibility index (Phi) is 6.82. The highest BCUT2D eigenvalue weighted by molar-refractivity contribution is 9.10. The second kappa shape index (κ2) is 8.51. The van der Waals surface area contributed by atoms with Gasteiger partial charge < -0.3 is 5.73 Å². The van der Waals surface area contributed by atoms with E-state index in [2.05, 4.69) is 15.9 Å². The van der Waals surface area contributed by atoms with Crippen molar-refractivity contribution in [1.29, 1.82) is 5.26 Å². The number of carbonyl (C=O) groups is 1. The van der Waals surface area contributed by atoms with Crippen LogP contribution in [0, 0.1) is 11.3 Å². The Morgan fingerprint density at radius 1 is 0.939 bits per heavy atom. The third-order valence-corrected chi connectivity index (χ3v) is 5.22. The minimum absolute atomic E-state index is 0.0494. The number of Topliss-reactive ketones (excluding diaryl/α,β-unsaturated/α-hetero) is 1. The summed E-state index contributed by atoms with van der Waals surface area (Å²) < 4.78 is 132. The summed E-state index contributed by atoms with van der Waals surface area (Å²) >= 11 is 2.43. The zero-order valence-electron chi connectivity index (χ0n) is 15.7. The van der Waals surface area contributed by atoms with Gasteiger partial charge in [0.15, 0.2) is 5.78 Å². The van der Waals surface area contributed by atoms with Crippen molar-refractivity contribution in [3.05, 3.63) is 62.6 Å². The number of anilines is 1. The fourth-order valence-corrected chi connectivity index (χ4v) is 3.46. The molecule has 2 rings (SSSR count). The van der Waals surface area contributed by atoms with Crippen LogP contribution in [0.2, 0.25) is 0 Å². The minimum atomic E-state index is -6.63. The van der Waals surface area contributed by atoms with E-state index in [9.17, 15) is 48.7 Å². The highest BCUT2D eigenvalue weighted by atomic mass is 79.9. The van der Waals surface area contributed by atoms with Gasteiger partial charge in [-0.15, -0.1) is 0 Å². The number of nitrogen functional groups attached to an aromatic ring is 1. The maximum atomic E-state index is 14.3. The van der Waals surface area contributed by atoms with Gasteiger partial charge in [-0.2, -0.15) is 44.8 Å². The molecule has 0 unspecified atom stereocenters. The van der Waals surface area contributed by atoms with E-state index >= 15 is 0 Å². The molecule has 2 N–H and O–H groups in total. The van der Waals surface area contributed by atoms with Gasteiger partial charge in [0.2, 0.25) is 0 Å². The first-order chi connectivity index (χ1) is 14.8. The van der Waals surface area contributed by atoms with Crippen molar-refractivity contribution in [2.45, 2.75) is 30.6 Å². The summed E-state index contributed by atoms with van der Waals surface area (Å²) in [6.07, 6.45) is -20.0. The predicted molar refractivity (Wildman–Crippen MR) is 97.6 cm³/mol. The smallest absolute Gasteiger partial charge is 0.398 e. The van der Waals surface area contributed by atoms with Crippen molar-refractivity contribution in [2.75, 3.05) is 5.73 Å². The Bertz CT molecular complexity index is 1120. The number of ketones is 1. The minimum Gasteiger partial charge on any atom is -0.398 e. The van der Waals surface area contributed by atoms with Crippen LogP contribution in [0.5, 0.6) is 0 Å². The van der Waals surface area contributed by atoms with E-state index in [1.807, 2.05) is 0 Å². The molecule has 0 amide bonds. The van der Waals surface area contributed by atoms with Crippen molar-refractivity contribution < 1.29 is 48.7 Å². The van der Waals surface area contributed by atoms with Crippen molar-refractivity contribution in [1.82, 2.24) is 0 Å². The molecule has 0 atom stereocenters. The molecule has 0 spiro atoms. The van der Waals surface area contributed by atoms with Crippen LogP contribution in [-0.2, 0) is 18.3 Å². The van der Waals surface area contributed by atoms with Crippen LogP contribution in [0.1, 0.15) is 32.6 Å². The summed E-state index contributed by atoms with van der Waals surface area (Å²) in [6.45, 7) is 0. The Labute approximate surface area is 186 Å². The lowest BCUT2D eigenvalue weighted by Gasteiger charge is -2.31. The third kappa shape index (κ3) is 4.92. The molecule has 0 saturated heterocycles. The molecule has 0 aromatic heterocycles. The average molecular weight is 551 g/mol. The second-order valence-corrected chi connectivity index (χ2v) is 7.50. The summed E-state index contributed by atoms with van der Waals surface area (Å²) in [5.41, 5.74) is -6.55. The highest BCUT2D eigenvalue weighted by Crippen LogP contribution is 2.54. The first-order valence-electron chi connectivity index (χ1n) is 8.40. The highest BCUT2D eigenvalue weighted by Gasteiger charge is 2.73. The lowest BCUT2D eigenvalue weighted by atomic mass is 9.89. The van der Waals surface area contributed by atoms with Crippen molar-refractivity contribution in [3.8, 4) is 6.07 Å². The van der Waals surface area contributed by atoms with E-state index in [-0.39, 0.29) is 22.9 Å². The van der Waals surface area contributed by atoms with Gasteiger partial charge in [0.05, 0.1) is 16.8 Å². The van der Waals surface area contributed by atoms with Crippen LogP contribution in [0.15, 0.2) is 34.8 Å². The molecule has 0 fully saturated rings. The number of nitrogens with two attached hydrogens (primary N) is 1. The van der Waals surface area contributed by atoms with Gasteiger partial charge in [0.1, 0.15) is 6.07 Å². The average Bonchev–Trinajstić information content (AvgIpc) is 2.65. The Balaban J connectivity index is 2.68. The van der Waals surface area contributed by atoms with E-state index < -0.39 is 63.6 Å². The van der Waals surface area contributed by atoms with Gasteiger partial charge in [-0.05, 0) is 35.9 Å². The molecule has 0 aliphatic carbocycles. The quantitative estimate of drug-likeness (QED) is 0.264. The molecule has 33 heavy (non-hydrogen) atoms. The number of carbonyl (C=O) groups excluding carboxylic acids is 1. The molecule has 0 aliphatic rings. The lowest BCUT2D eigenvalue weighted by Crippen LogP contribution is -2.50. The molecule has 0 heterocycles. The fraction of sp³-hybridized carbons (Fsp3) is 0.263. The molecule has 0 aliphatic heterocycles. The number of halogens is 11. The van der Waals surface area contributed by atoms with E-state index in [0.717, 1.165) is 18.2 Å². The summed E-state index contributed by atoms with van der Waals surface area (Å²) in [6, 6.07) is 4.06. The number of benzene rings is 2. The van der Waals surface area contributed by atoms with Gasteiger partial charge in [-0.25, -0.2) is 4.39 Å². The number of nitriles is 1. The molecule has 178 valence electrons. The van der Waals surface area contributed by atoms with Crippen molar-refractivity contribution >= 4 is 27.4 Å². The molecular weight excluding hydrogens is 542 g/mol. The molecule has 3 nitrogen and oxygen atoms in total. The molecule has 0 radical (unpaired) electrons. The van der Waals surface area contributed by atoms with Crippen LogP contribution in [-0.4, -0.2) is 18.1 Å². The lowest BCUT2D eigenvalue weighted by molar-refractivity contribution is -0.348. The Morgan fingerprint density at radius 2 is 1.48 bits per heavy atom. The van der Waals surface area contributed by atoms with Gasteiger partial charge in [-0.1, -0.05) is 15.9 Å². The van der Waals surface area contributed by atoms with E-state index in [0.29, 0.717) is 0 Å². The first kappa shape index (κ1) is 26.4. The van der Waals surface area contributed by atoms with Crippen molar-refractivity contribution in [3.63, 3.8) is 0 Å². The van der Waals surface area contributed by atoms with Gasteiger partial charge in [-0.3, -0.25) is 4.79 Å². The predicted octanol–water partition coefficient (Wildman–Crippen LogP) is 6.64. The van der Waals surface area contributed by atoms with Crippen LogP contribution in [0.25, 0.3) is 0 Å². The zero-order chi connectivity index (χ0) is 25.6. The molecule has 14 heteroatoms. The van der Waals surface area contributed by atoms with Crippen LogP contribution in [0.3, 0.4) is 0 Å². The zero-order valence-corrected chi connectivity index (χ0v) is 17.3. The first-order valence-corrected chi connectivity index (χ1v) is 9.19. The largest absolute Gasteiger partial charge is 0.435 e. The summed E-state index contributed by atoms with van der Waals surface area (Å²) in [5.74, 6) is -1.05. The molecule has 0 bridgehead atoms. The number of alkyl halides is 10. The van der Waals surface area contributed by atoms with Crippen LogP contribution >= 0.6 is 15.9 Å². The SMILES string of the molecule is N#Cc1ccc(C(=O)Cc2c(Br)cc(C(F)(C(F)(F)F)C(F)(F)F)cc2C(F)(F)F)cc1N. The van der Waals surface area contributed by atoms with Crippen LogP contribution in [0.4, 0.5) is 49.6 Å². The maximum Gasteiger partial charge on any atom is 0.435 e. The third-order valence-electron chi connectivity index (χ3n) is 4.51. The number of rotatable bonds is 4. The monoisotopic (exact) mass is 550 g/mol. The standard InChI is InChI=1S/C19H9BrF10N2O/c20-13-5-10(16(21,18(25,26)27)19(28,29)30)4-12(17(22,23)24)11(13)6-15(33)8-1-2-9(7-31)14(32)3-8/h1-5H,6,32H2. The summed E-state index contributed by atoms with van der Waals surface area (Å²) in [7, 11) is 0. The topological polar surface area (TPSA) is 66.9 Å². The molecular formula is C19H9BrF10N2O. The molecule has 0 saturated carbocycles. The van der Waals surface area contributed by atoms with Crippen LogP contribution < -0.4 is 5.73 Å². The fourth-order valence-electron chi connectivity index (χ4n) is 2.86. The molecule has 2 aromatic carbocycles.